The summed E-state index contributed by atoms with van der Waals surface area (Å²) >= 11 is 0. The molecule has 0 aliphatic rings. The quantitative estimate of drug-likeness (QED) is 0.649. The lowest BCUT2D eigenvalue weighted by molar-refractivity contribution is -0.121. The van der Waals surface area contributed by atoms with Gasteiger partial charge >= 0.3 is 5.97 Å². The molecule has 0 heterocycles. The van der Waals surface area contributed by atoms with Crippen LogP contribution < -0.4 is 5.32 Å². The van der Waals surface area contributed by atoms with E-state index >= 15 is 0 Å². The Bertz CT molecular complexity index is 932. The van der Waals surface area contributed by atoms with Crippen LogP contribution >= 0.6 is 0 Å². The summed E-state index contributed by atoms with van der Waals surface area (Å²) in [6.45, 7) is 0.578. The number of esters is 1. The van der Waals surface area contributed by atoms with Crippen LogP contribution in [-0.2, 0) is 22.4 Å². The fourth-order valence-corrected chi connectivity index (χ4v) is 3.01. The Morgan fingerprint density at radius 1 is 0.852 bits per heavy atom. The molecular formula is C23H23NO3. The Morgan fingerprint density at radius 2 is 1.56 bits per heavy atom. The second-order valence-electron chi connectivity index (χ2n) is 6.47. The first-order chi connectivity index (χ1) is 13.2. The van der Waals surface area contributed by atoms with Gasteiger partial charge in [-0.3, -0.25) is 4.79 Å². The zero-order valence-corrected chi connectivity index (χ0v) is 15.4. The van der Waals surface area contributed by atoms with E-state index in [9.17, 15) is 9.59 Å². The maximum absolute atomic E-state index is 12.1. The molecule has 3 aromatic rings. The molecule has 0 fully saturated rings. The molecule has 3 rings (SSSR count). The van der Waals surface area contributed by atoms with Crippen LogP contribution in [0, 0.1) is 0 Å². The molecule has 138 valence electrons. The molecule has 0 saturated carbocycles. The van der Waals surface area contributed by atoms with E-state index in [0.29, 0.717) is 18.5 Å². The van der Waals surface area contributed by atoms with Crippen LogP contribution in [0.3, 0.4) is 0 Å². The van der Waals surface area contributed by atoms with Gasteiger partial charge in [0, 0.05) is 13.0 Å². The monoisotopic (exact) mass is 361 g/mol. The SMILES string of the molecule is COC(=O)c1ccc(CCNC(=O)CCc2ccc3ccccc3c2)cc1. The Labute approximate surface area is 159 Å². The number of amides is 1. The van der Waals surface area contributed by atoms with Gasteiger partial charge in [0.25, 0.3) is 0 Å². The molecule has 1 amide bonds. The lowest BCUT2D eigenvalue weighted by Crippen LogP contribution is -2.25. The number of fused-ring (bicyclic) bond motifs is 1. The molecule has 0 atom stereocenters. The van der Waals surface area contributed by atoms with Gasteiger partial charge in [-0.15, -0.1) is 0 Å². The molecule has 27 heavy (non-hydrogen) atoms. The number of benzene rings is 3. The molecule has 0 unspecified atom stereocenters. The summed E-state index contributed by atoms with van der Waals surface area (Å²) in [6.07, 6.45) is 1.92. The molecule has 4 heteroatoms. The first kappa shape index (κ1) is 18.6. The van der Waals surface area contributed by atoms with E-state index in [-0.39, 0.29) is 11.9 Å². The zero-order valence-electron chi connectivity index (χ0n) is 15.4. The number of carbonyl (C=O) groups is 2. The van der Waals surface area contributed by atoms with Crippen molar-refractivity contribution in [3.8, 4) is 0 Å². The van der Waals surface area contributed by atoms with Crippen molar-refractivity contribution in [3.05, 3.63) is 83.4 Å². The van der Waals surface area contributed by atoms with E-state index < -0.39 is 0 Å². The Morgan fingerprint density at radius 3 is 2.30 bits per heavy atom. The van der Waals surface area contributed by atoms with E-state index in [4.69, 9.17) is 0 Å². The van der Waals surface area contributed by atoms with Gasteiger partial charge in [0.2, 0.25) is 5.91 Å². The number of rotatable bonds is 7. The summed E-state index contributed by atoms with van der Waals surface area (Å²) in [7, 11) is 1.36. The summed E-state index contributed by atoms with van der Waals surface area (Å²) in [4.78, 5) is 23.5. The summed E-state index contributed by atoms with van der Waals surface area (Å²) in [5.74, 6) is -0.294. The molecule has 0 bridgehead atoms. The van der Waals surface area contributed by atoms with E-state index in [0.717, 1.165) is 18.4 Å². The number of methoxy groups -OCH3 is 1. The smallest absolute Gasteiger partial charge is 0.337 e. The Hall–Kier alpha value is -3.14. The Balaban J connectivity index is 1.43. The highest BCUT2D eigenvalue weighted by Gasteiger charge is 2.06. The first-order valence-electron chi connectivity index (χ1n) is 9.07. The molecule has 0 aliphatic carbocycles. The lowest BCUT2D eigenvalue weighted by atomic mass is 10.0. The highest BCUT2D eigenvalue weighted by atomic mass is 16.5. The van der Waals surface area contributed by atoms with Gasteiger partial charge in [0.15, 0.2) is 0 Å². The van der Waals surface area contributed by atoms with Crippen molar-refractivity contribution in [2.45, 2.75) is 19.3 Å². The van der Waals surface area contributed by atoms with Crippen molar-refractivity contribution in [2.75, 3.05) is 13.7 Å². The topological polar surface area (TPSA) is 55.4 Å². The molecular weight excluding hydrogens is 338 g/mol. The molecule has 0 radical (unpaired) electrons. The largest absolute Gasteiger partial charge is 0.465 e. The summed E-state index contributed by atoms with van der Waals surface area (Å²) in [6, 6.07) is 21.8. The number of carbonyl (C=O) groups excluding carboxylic acids is 2. The number of nitrogens with one attached hydrogen (secondary N) is 1. The van der Waals surface area contributed by atoms with Crippen molar-refractivity contribution in [3.63, 3.8) is 0 Å². The first-order valence-corrected chi connectivity index (χ1v) is 9.07. The third-order valence-corrected chi connectivity index (χ3v) is 4.57. The zero-order chi connectivity index (χ0) is 19.1. The van der Waals surface area contributed by atoms with Crippen LogP contribution in [0.5, 0.6) is 0 Å². The molecule has 0 aliphatic heterocycles. The van der Waals surface area contributed by atoms with Crippen LogP contribution in [0.15, 0.2) is 66.7 Å². The minimum Gasteiger partial charge on any atom is -0.465 e. The molecule has 3 aromatic carbocycles. The predicted octanol–water partition coefficient (Wildman–Crippen LogP) is 3.92. The minimum absolute atomic E-state index is 0.0503. The van der Waals surface area contributed by atoms with E-state index in [2.05, 4.69) is 40.4 Å². The van der Waals surface area contributed by atoms with Gasteiger partial charge in [-0.2, -0.15) is 0 Å². The second-order valence-corrected chi connectivity index (χ2v) is 6.47. The van der Waals surface area contributed by atoms with Gasteiger partial charge in [0.05, 0.1) is 12.7 Å². The molecule has 4 nitrogen and oxygen atoms in total. The summed E-state index contributed by atoms with van der Waals surface area (Å²) in [5.41, 5.74) is 2.76. The lowest BCUT2D eigenvalue weighted by Gasteiger charge is -2.07. The van der Waals surface area contributed by atoms with Gasteiger partial charge < -0.3 is 10.1 Å². The van der Waals surface area contributed by atoms with Crippen LogP contribution in [0.25, 0.3) is 10.8 Å². The van der Waals surface area contributed by atoms with Crippen molar-refractivity contribution < 1.29 is 14.3 Å². The predicted molar refractivity (Wildman–Crippen MR) is 107 cm³/mol. The Kier molecular flexibility index (Phi) is 6.21. The number of ether oxygens (including phenoxy) is 1. The van der Waals surface area contributed by atoms with Crippen molar-refractivity contribution in [1.82, 2.24) is 5.32 Å². The van der Waals surface area contributed by atoms with Gasteiger partial charge in [-0.05, 0) is 46.9 Å². The maximum Gasteiger partial charge on any atom is 0.337 e. The van der Waals surface area contributed by atoms with E-state index in [1.54, 1.807) is 12.1 Å². The van der Waals surface area contributed by atoms with Crippen LogP contribution in [0.4, 0.5) is 0 Å². The number of hydrogen-bond donors (Lipinski definition) is 1. The summed E-state index contributed by atoms with van der Waals surface area (Å²) < 4.78 is 4.68. The van der Waals surface area contributed by atoms with Gasteiger partial charge in [-0.25, -0.2) is 4.79 Å². The summed E-state index contributed by atoms with van der Waals surface area (Å²) in [5, 5.41) is 5.37. The van der Waals surface area contributed by atoms with E-state index in [1.165, 1.54) is 23.4 Å². The third-order valence-electron chi connectivity index (χ3n) is 4.57. The minimum atomic E-state index is -0.344. The molecule has 1 N–H and O–H groups in total. The molecule has 0 saturated heterocycles. The third kappa shape index (κ3) is 5.17. The van der Waals surface area contributed by atoms with Crippen LogP contribution in [0.1, 0.15) is 27.9 Å². The van der Waals surface area contributed by atoms with E-state index in [1.807, 2.05) is 24.3 Å². The number of aryl methyl sites for hydroxylation is 1. The second kappa shape index (κ2) is 8.99. The van der Waals surface area contributed by atoms with Crippen molar-refractivity contribution in [2.24, 2.45) is 0 Å². The number of hydrogen-bond acceptors (Lipinski definition) is 3. The standard InChI is InChI=1S/C23H23NO3/c1-27-23(26)20-11-6-17(7-12-20)14-15-24-22(25)13-9-18-8-10-19-4-2-3-5-21(19)16-18/h2-8,10-12,16H,9,13-15H2,1H3,(H,24,25). The highest BCUT2D eigenvalue weighted by Crippen LogP contribution is 2.16. The van der Waals surface area contributed by atoms with Gasteiger partial charge in [-0.1, -0.05) is 54.6 Å². The average Bonchev–Trinajstić information content (AvgIpc) is 2.72. The average molecular weight is 361 g/mol. The van der Waals surface area contributed by atoms with Crippen molar-refractivity contribution >= 4 is 22.6 Å². The van der Waals surface area contributed by atoms with Crippen molar-refractivity contribution in [1.29, 1.82) is 0 Å². The van der Waals surface area contributed by atoms with Crippen LogP contribution in [0.2, 0.25) is 0 Å². The molecule has 0 spiro atoms. The maximum atomic E-state index is 12.1. The van der Waals surface area contributed by atoms with Crippen LogP contribution in [-0.4, -0.2) is 25.5 Å². The normalized spacial score (nSPS) is 10.6. The molecule has 0 aromatic heterocycles. The fourth-order valence-electron chi connectivity index (χ4n) is 3.01. The highest BCUT2D eigenvalue weighted by molar-refractivity contribution is 5.89. The van der Waals surface area contributed by atoms with Gasteiger partial charge in [0.1, 0.15) is 0 Å². The fraction of sp³-hybridized carbons (Fsp3) is 0.217.